The Balaban J connectivity index is 0.00000341. The zero-order valence-electron chi connectivity index (χ0n) is 15.8. The molecule has 0 bridgehead atoms. The number of hydrogen-bond donors (Lipinski definition) is 4. The van der Waals surface area contributed by atoms with E-state index >= 15 is 0 Å². The van der Waals surface area contributed by atoms with Gasteiger partial charge in [0.15, 0.2) is 5.13 Å². The number of thiazole rings is 1. The van der Waals surface area contributed by atoms with E-state index in [4.69, 9.17) is 9.47 Å². The third-order valence-electron chi connectivity index (χ3n) is 4.07. The summed E-state index contributed by atoms with van der Waals surface area (Å²) in [6.45, 7) is 0. The Hall–Kier alpha value is -2.17. The number of hydrogen-bond acceptors (Lipinski definition) is 12. The second-order valence-electron chi connectivity index (χ2n) is 6.04. The quantitative estimate of drug-likeness (QED) is 0.182. The largest absolute Gasteiger partial charge is 1.00 e. The third-order valence-corrected chi connectivity index (χ3v) is 4.94. The number of aliphatic hydroxyl groups excluding tert-OH is 3. The normalized spacial score (nSPS) is 25.2. The molecule has 0 saturated carbocycles. The molecular formula is C16H14N3NaO10S. The van der Waals surface area contributed by atoms with E-state index in [1.807, 2.05) is 0 Å². The van der Waals surface area contributed by atoms with Crippen molar-refractivity contribution in [2.75, 3.05) is 5.32 Å². The maximum absolute atomic E-state index is 12.5. The summed E-state index contributed by atoms with van der Waals surface area (Å²) in [6, 6.07) is 5.58. The van der Waals surface area contributed by atoms with Crippen LogP contribution in [0.1, 0.15) is 10.4 Å². The van der Waals surface area contributed by atoms with Gasteiger partial charge < -0.3 is 34.7 Å². The molecule has 1 aliphatic heterocycles. The van der Waals surface area contributed by atoms with Gasteiger partial charge in [-0.2, -0.15) is 0 Å². The monoisotopic (exact) mass is 463 g/mol. The first-order chi connectivity index (χ1) is 14.2. The van der Waals surface area contributed by atoms with Crippen LogP contribution in [-0.2, 0) is 9.53 Å². The van der Waals surface area contributed by atoms with Crippen molar-refractivity contribution in [2.24, 2.45) is 0 Å². The van der Waals surface area contributed by atoms with E-state index in [1.54, 1.807) is 0 Å². The SMILES string of the molecule is O=C(Nc1ncc([N+](=O)[O-])s1)c1ccccc1O[C@H]1OC(C(=O)[O-])[C@@H](O)[C@@H](O)[C@H]1O.[Na+]. The third kappa shape index (κ3) is 5.55. The minimum absolute atomic E-state index is 0. The summed E-state index contributed by atoms with van der Waals surface area (Å²) in [4.78, 5) is 37.4. The number of aliphatic carboxylic acids is 1. The molecule has 2 heterocycles. The van der Waals surface area contributed by atoms with Crippen molar-refractivity contribution in [2.45, 2.75) is 30.7 Å². The molecule has 0 radical (unpaired) electrons. The smallest absolute Gasteiger partial charge is 0.547 e. The molecule has 1 unspecified atom stereocenters. The number of para-hydroxylation sites is 1. The molecule has 5 atom stereocenters. The van der Waals surface area contributed by atoms with Gasteiger partial charge in [-0.1, -0.05) is 12.1 Å². The molecule has 4 N–H and O–H groups in total. The van der Waals surface area contributed by atoms with Crippen LogP contribution in [0.25, 0.3) is 0 Å². The van der Waals surface area contributed by atoms with Crippen LogP contribution < -0.4 is 44.7 Å². The number of nitrogens with zero attached hydrogens (tertiary/aromatic N) is 2. The molecule has 1 amide bonds. The Morgan fingerprint density at radius 1 is 1.19 bits per heavy atom. The summed E-state index contributed by atoms with van der Waals surface area (Å²) in [7, 11) is 0. The summed E-state index contributed by atoms with van der Waals surface area (Å²) >= 11 is 0.629. The van der Waals surface area contributed by atoms with Crippen LogP contribution in [0.3, 0.4) is 0 Å². The van der Waals surface area contributed by atoms with Gasteiger partial charge in [0.1, 0.15) is 36.4 Å². The van der Waals surface area contributed by atoms with E-state index in [9.17, 15) is 40.1 Å². The number of ether oxygens (including phenoxy) is 2. The number of aromatic nitrogens is 1. The van der Waals surface area contributed by atoms with Gasteiger partial charge in [0.25, 0.3) is 5.91 Å². The summed E-state index contributed by atoms with van der Waals surface area (Å²) in [6.07, 6.45) is -8.46. The van der Waals surface area contributed by atoms with Crippen LogP contribution in [-0.4, -0.2) is 67.8 Å². The molecule has 15 heteroatoms. The molecule has 1 aliphatic rings. The zero-order valence-corrected chi connectivity index (χ0v) is 18.6. The first kappa shape index (κ1) is 25.1. The van der Waals surface area contributed by atoms with Crippen LogP contribution in [0.5, 0.6) is 5.75 Å². The number of aliphatic hydroxyl groups is 3. The number of carbonyl (C=O) groups is 2. The zero-order chi connectivity index (χ0) is 22.0. The van der Waals surface area contributed by atoms with E-state index in [1.165, 1.54) is 24.3 Å². The van der Waals surface area contributed by atoms with Crippen LogP contribution in [0.15, 0.2) is 30.5 Å². The predicted molar refractivity (Wildman–Crippen MR) is 95.5 cm³/mol. The number of rotatable bonds is 6. The second-order valence-corrected chi connectivity index (χ2v) is 7.05. The van der Waals surface area contributed by atoms with E-state index < -0.39 is 47.5 Å². The summed E-state index contributed by atoms with van der Waals surface area (Å²) < 4.78 is 10.3. The number of carbonyl (C=O) groups excluding carboxylic acids is 2. The van der Waals surface area contributed by atoms with Gasteiger partial charge in [-0.05, 0) is 23.5 Å². The predicted octanol–water partition coefficient (Wildman–Crippen LogP) is -4.76. The number of amides is 1. The average molecular weight is 463 g/mol. The van der Waals surface area contributed by atoms with Crippen molar-refractivity contribution in [3.8, 4) is 5.75 Å². The van der Waals surface area contributed by atoms with Crippen molar-refractivity contribution in [3.63, 3.8) is 0 Å². The standard InChI is InChI=1S/C16H15N3O10S.Na/c20-9-10(21)12(14(24)25)29-15(11(9)22)28-7-4-2-1-3-6(7)13(23)18-16-17-5-8(30-16)19(26)27;/h1-5,9-12,15,20-22H,(H,24,25)(H,17,18,23);/q;+1/p-1/t9-,10+,11-,12?,15+;/m1./s1. The summed E-state index contributed by atoms with van der Waals surface area (Å²) in [5, 5.41) is 53.4. The van der Waals surface area contributed by atoms with E-state index in [2.05, 4.69) is 10.3 Å². The second kappa shape index (κ2) is 10.4. The number of nitro groups is 1. The maximum atomic E-state index is 12.5. The topological polar surface area (TPSA) is 204 Å². The fourth-order valence-electron chi connectivity index (χ4n) is 2.59. The van der Waals surface area contributed by atoms with Gasteiger partial charge in [-0.25, -0.2) is 4.98 Å². The first-order valence-corrected chi connectivity index (χ1v) is 9.08. The molecule has 1 saturated heterocycles. The Bertz CT molecular complexity index is 973. The van der Waals surface area contributed by atoms with Gasteiger partial charge in [-0.15, -0.1) is 0 Å². The van der Waals surface area contributed by atoms with Crippen molar-refractivity contribution < 1.29 is 74.0 Å². The number of carboxylic acids is 1. The molecule has 1 aromatic heterocycles. The van der Waals surface area contributed by atoms with Crippen LogP contribution in [0.2, 0.25) is 0 Å². The van der Waals surface area contributed by atoms with Gasteiger partial charge in [0.2, 0.25) is 6.29 Å². The molecule has 160 valence electrons. The first-order valence-electron chi connectivity index (χ1n) is 8.27. The molecule has 0 aliphatic carbocycles. The molecule has 13 nitrogen and oxygen atoms in total. The van der Waals surface area contributed by atoms with Crippen molar-refractivity contribution in [1.82, 2.24) is 4.98 Å². The van der Waals surface area contributed by atoms with E-state index in [0.717, 1.165) is 6.20 Å². The Morgan fingerprint density at radius 2 is 1.87 bits per heavy atom. The molecule has 2 aromatic rings. The van der Waals surface area contributed by atoms with E-state index in [0.29, 0.717) is 11.3 Å². The van der Waals surface area contributed by atoms with Crippen LogP contribution in [0, 0.1) is 10.1 Å². The minimum atomic E-state index is -1.98. The number of benzene rings is 1. The summed E-state index contributed by atoms with van der Waals surface area (Å²) in [5.74, 6) is -2.76. The molecule has 1 fully saturated rings. The van der Waals surface area contributed by atoms with E-state index in [-0.39, 0.29) is 51.0 Å². The maximum Gasteiger partial charge on any atom is 1.00 e. The van der Waals surface area contributed by atoms with Gasteiger partial charge in [-0.3, -0.25) is 20.2 Å². The summed E-state index contributed by atoms with van der Waals surface area (Å²) in [5.41, 5.74) is -0.100. The van der Waals surface area contributed by atoms with Crippen molar-refractivity contribution in [3.05, 3.63) is 46.1 Å². The average Bonchev–Trinajstić information content (AvgIpc) is 3.17. The number of nitrogens with one attached hydrogen (secondary N) is 1. The molecule has 0 spiro atoms. The fourth-order valence-corrected chi connectivity index (χ4v) is 3.22. The van der Waals surface area contributed by atoms with Gasteiger partial charge in [0, 0.05) is 0 Å². The van der Waals surface area contributed by atoms with Crippen LogP contribution >= 0.6 is 11.3 Å². The van der Waals surface area contributed by atoms with Crippen molar-refractivity contribution >= 4 is 33.3 Å². The Labute approximate surface area is 199 Å². The minimum Gasteiger partial charge on any atom is -0.547 e. The van der Waals surface area contributed by atoms with Crippen LogP contribution in [0.4, 0.5) is 10.1 Å². The number of carboxylic acid groups (broad SMARTS) is 1. The molecule has 1 aromatic carbocycles. The fraction of sp³-hybridized carbons (Fsp3) is 0.312. The number of anilines is 1. The van der Waals surface area contributed by atoms with Crippen molar-refractivity contribution in [1.29, 1.82) is 0 Å². The molecular weight excluding hydrogens is 449 g/mol. The Morgan fingerprint density at radius 3 is 2.48 bits per heavy atom. The molecule has 3 rings (SSSR count). The van der Waals surface area contributed by atoms with Gasteiger partial charge in [0.05, 0.1) is 16.5 Å². The molecule has 31 heavy (non-hydrogen) atoms. The van der Waals surface area contributed by atoms with Gasteiger partial charge >= 0.3 is 34.6 Å². The Kier molecular flexibility index (Phi) is 8.44.